The van der Waals surface area contributed by atoms with Gasteiger partial charge < -0.3 is 29.9 Å². The molecule has 0 aromatic heterocycles. The normalized spacial score (nSPS) is 29.1. The van der Waals surface area contributed by atoms with Gasteiger partial charge in [-0.3, -0.25) is 9.36 Å². The fourth-order valence-corrected chi connectivity index (χ4v) is 4.32. The first-order chi connectivity index (χ1) is 16.6. The molecule has 0 aliphatic carbocycles. The molecule has 14 heteroatoms. The number of nitriles is 1. The fraction of sp³-hybridized carbons (Fsp3) is 0.619. The zero-order valence-electron chi connectivity index (χ0n) is 20.0. The van der Waals surface area contributed by atoms with Gasteiger partial charge in [0.2, 0.25) is 0 Å². The van der Waals surface area contributed by atoms with E-state index in [1.54, 1.807) is 0 Å². The maximum absolute atomic E-state index is 12.4. The zero-order valence-corrected chi connectivity index (χ0v) is 21.0. The Kier molecular flexibility index (Phi) is 10.6. The van der Waals surface area contributed by atoms with Crippen molar-refractivity contribution in [3.05, 3.63) is 24.4 Å². The quantitative estimate of drug-likeness (QED) is 0.209. The molecule has 0 amide bonds. The smallest absolute Gasteiger partial charge is 0.323 e. The average molecular weight is 513 g/mol. The van der Waals surface area contributed by atoms with Crippen LogP contribution >= 0.6 is 8.18 Å². The summed E-state index contributed by atoms with van der Waals surface area (Å²) in [6.45, 7) is 8.88. The van der Waals surface area contributed by atoms with Gasteiger partial charge >= 0.3 is 5.97 Å². The molecule has 0 radical (unpaired) electrons. The number of aliphatic hydroxyl groups excluding tert-OH is 2. The summed E-state index contributed by atoms with van der Waals surface area (Å²) >= 11 is 0. The molecule has 194 valence electrons. The number of nitrogens with zero attached hydrogens (tertiary/aromatic N) is 4. The number of aliphatic hydroxyl groups is 2. The summed E-state index contributed by atoms with van der Waals surface area (Å²) in [4.78, 5) is 16.0. The van der Waals surface area contributed by atoms with E-state index in [9.17, 15) is 24.8 Å². The molecular formula is C21H33N6O7P. The Morgan fingerprint density at radius 3 is 2.80 bits per heavy atom. The molecule has 1 fully saturated rings. The lowest BCUT2D eigenvalue weighted by Gasteiger charge is -2.36. The molecule has 1 unspecified atom stereocenters. The number of ether oxygens (including phenoxy) is 2. The van der Waals surface area contributed by atoms with Crippen LogP contribution in [0.5, 0.6) is 0 Å². The van der Waals surface area contributed by atoms with Crippen molar-refractivity contribution in [2.45, 2.75) is 63.7 Å². The van der Waals surface area contributed by atoms with Crippen molar-refractivity contribution in [2.24, 2.45) is 21.7 Å². The highest BCUT2D eigenvalue weighted by Crippen LogP contribution is 2.38. The van der Waals surface area contributed by atoms with E-state index in [0.717, 1.165) is 24.2 Å². The molecule has 13 nitrogen and oxygen atoms in total. The van der Waals surface area contributed by atoms with Crippen LogP contribution in [-0.4, -0.2) is 76.7 Å². The van der Waals surface area contributed by atoms with Gasteiger partial charge in [-0.2, -0.15) is 10.4 Å². The lowest BCUT2D eigenvalue weighted by atomic mass is 10.0. The number of aliphatic imine (C=N–C) groups is 1. The Morgan fingerprint density at radius 2 is 2.20 bits per heavy atom. The number of carbonyl (C=O) groups is 1. The van der Waals surface area contributed by atoms with E-state index in [0.29, 0.717) is 0 Å². The fourth-order valence-electron chi connectivity index (χ4n) is 3.45. The molecule has 0 bridgehead atoms. The molecule has 2 aliphatic heterocycles. The Balaban J connectivity index is 2.01. The highest BCUT2D eigenvalue weighted by atomic mass is 31.1. The van der Waals surface area contributed by atoms with Gasteiger partial charge in [-0.25, -0.2) is 15.1 Å². The zero-order chi connectivity index (χ0) is 26.2. The standard InChI is InChI=1S/C21H33N6O7P/c1-5-8-15-19(23)24-12-25-27(15)21(11-22)18(29)17(28)16(34-21)10-33-35(31)26-13(4)20(30)32-9-14(6-2)7-3/h5,8,12-14,16-18,28-29,35H,1,6-7,9-10H2,2-4H3,(H,26,31)(H2,23,24,25)/b15-8-/t13-,16+,17+,18+,21+/m0/s1. The minimum atomic E-state index is -2.97. The first-order valence-corrected chi connectivity index (χ1v) is 12.5. The number of nitrogens with one attached hydrogen (secondary N) is 1. The van der Waals surface area contributed by atoms with Crippen LogP contribution in [0.2, 0.25) is 0 Å². The van der Waals surface area contributed by atoms with Gasteiger partial charge in [0.1, 0.15) is 42.5 Å². The second kappa shape index (κ2) is 12.9. The van der Waals surface area contributed by atoms with Gasteiger partial charge in [0.05, 0.1) is 13.2 Å². The molecule has 5 N–H and O–H groups in total. The van der Waals surface area contributed by atoms with Crippen LogP contribution in [0.4, 0.5) is 0 Å². The number of nitrogens with two attached hydrogens (primary N) is 1. The summed E-state index contributed by atoms with van der Waals surface area (Å²) in [5.41, 5.74) is 3.80. The molecule has 0 aromatic carbocycles. The minimum Gasteiger partial charge on any atom is -0.464 e. The molecule has 6 atom stereocenters. The second-order valence-corrected chi connectivity index (χ2v) is 9.17. The third-order valence-electron chi connectivity index (χ3n) is 5.72. The number of carbonyl (C=O) groups excluding carboxylic acids is 1. The van der Waals surface area contributed by atoms with Crippen LogP contribution in [0.1, 0.15) is 33.6 Å². The van der Waals surface area contributed by atoms with E-state index in [1.807, 2.05) is 19.9 Å². The number of amidine groups is 1. The third-order valence-corrected chi connectivity index (χ3v) is 6.82. The molecular weight excluding hydrogens is 479 g/mol. The van der Waals surface area contributed by atoms with E-state index in [-0.39, 0.29) is 24.1 Å². The largest absolute Gasteiger partial charge is 0.464 e. The van der Waals surface area contributed by atoms with Gasteiger partial charge in [0, 0.05) is 0 Å². The summed E-state index contributed by atoms with van der Waals surface area (Å²) in [7, 11) is -2.97. The van der Waals surface area contributed by atoms with Gasteiger partial charge in [0.25, 0.3) is 13.9 Å². The average Bonchev–Trinajstić information content (AvgIpc) is 3.10. The Bertz CT molecular complexity index is 932. The molecule has 2 heterocycles. The summed E-state index contributed by atoms with van der Waals surface area (Å²) < 4.78 is 28.5. The predicted molar refractivity (Wildman–Crippen MR) is 128 cm³/mol. The molecule has 2 rings (SSSR count). The van der Waals surface area contributed by atoms with E-state index in [2.05, 4.69) is 21.8 Å². The number of hydrogen-bond acceptors (Lipinski definition) is 12. The van der Waals surface area contributed by atoms with Gasteiger partial charge in [0.15, 0.2) is 5.84 Å². The molecule has 0 aromatic rings. The maximum Gasteiger partial charge on any atom is 0.323 e. The number of hydrazone groups is 1. The van der Waals surface area contributed by atoms with Crippen LogP contribution in [0.25, 0.3) is 0 Å². The second-order valence-electron chi connectivity index (χ2n) is 8.02. The first-order valence-electron chi connectivity index (χ1n) is 11.2. The van der Waals surface area contributed by atoms with Crippen LogP contribution < -0.4 is 10.8 Å². The lowest BCUT2D eigenvalue weighted by Crippen LogP contribution is -2.55. The lowest BCUT2D eigenvalue weighted by molar-refractivity contribution is -0.146. The van der Waals surface area contributed by atoms with Crippen LogP contribution in [-0.2, 0) is 23.4 Å². The van der Waals surface area contributed by atoms with E-state index in [4.69, 9.17) is 19.7 Å². The summed E-state index contributed by atoms with van der Waals surface area (Å²) in [5.74, 6) is -0.336. The molecule has 35 heavy (non-hydrogen) atoms. The maximum atomic E-state index is 12.4. The SMILES string of the molecule is C=C/C=C1/C(N)=NC=NN1[C@]1(C#N)O[C@H](CO[PH](=O)N[C@@H](C)C(=O)OCC(CC)CC)[C@@H](O)[C@H]1O. The number of hydrogen-bond donors (Lipinski definition) is 4. The number of esters is 1. The van der Waals surface area contributed by atoms with Gasteiger partial charge in [-0.1, -0.05) is 39.3 Å². The Morgan fingerprint density at radius 1 is 1.51 bits per heavy atom. The highest BCUT2D eigenvalue weighted by Gasteiger charge is 2.60. The summed E-state index contributed by atoms with van der Waals surface area (Å²) in [6.07, 6.45) is 0.997. The van der Waals surface area contributed by atoms with Crippen molar-refractivity contribution in [3.8, 4) is 6.07 Å². The van der Waals surface area contributed by atoms with Crippen LogP contribution in [0.3, 0.4) is 0 Å². The Labute approximate surface area is 204 Å². The highest BCUT2D eigenvalue weighted by molar-refractivity contribution is 7.36. The van der Waals surface area contributed by atoms with E-state index < -0.39 is 50.8 Å². The number of allylic oxidation sites excluding steroid dienone is 2. The van der Waals surface area contributed by atoms with Crippen molar-refractivity contribution in [3.63, 3.8) is 0 Å². The third kappa shape index (κ3) is 6.55. The molecule has 0 saturated carbocycles. The summed E-state index contributed by atoms with van der Waals surface area (Å²) in [6, 6.07) is 0.928. The van der Waals surface area contributed by atoms with Crippen molar-refractivity contribution in [1.29, 1.82) is 5.26 Å². The Hall–Kier alpha value is -2.59. The van der Waals surface area contributed by atoms with Crippen molar-refractivity contribution in [2.75, 3.05) is 13.2 Å². The van der Waals surface area contributed by atoms with Crippen molar-refractivity contribution in [1.82, 2.24) is 10.1 Å². The van der Waals surface area contributed by atoms with Crippen LogP contribution in [0, 0.1) is 17.2 Å². The van der Waals surface area contributed by atoms with Crippen molar-refractivity contribution < 1.29 is 33.6 Å². The van der Waals surface area contributed by atoms with Gasteiger partial charge in [-0.15, -0.1) is 0 Å². The van der Waals surface area contributed by atoms with Gasteiger partial charge in [-0.05, 0) is 18.9 Å². The molecule has 0 spiro atoms. The number of rotatable bonds is 12. The predicted octanol–water partition coefficient (Wildman–Crippen LogP) is 0.377. The molecule has 2 aliphatic rings. The van der Waals surface area contributed by atoms with E-state index >= 15 is 0 Å². The monoisotopic (exact) mass is 512 g/mol. The first kappa shape index (κ1) is 28.6. The molecule has 1 saturated heterocycles. The summed E-state index contributed by atoms with van der Waals surface area (Å²) in [5, 5.41) is 38.5. The van der Waals surface area contributed by atoms with Crippen molar-refractivity contribution >= 4 is 26.3 Å². The minimum absolute atomic E-state index is 0.0150. The van der Waals surface area contributed by atoms with Crippen LogP contribution in [0.15, 0.2) is 34.5 Å². The topological polar surface area (TPSA) is 192 Å². The van der Waals surface area contributed by atoms with E-state index in [1.165, 1.54) is 19.1 Å².